The van der Waals surface area contributed by atoms with Gasteiger partial charge in [-0.05, 0) is 6.07 Å². The molecule has 0 spiro atoms. The number of ether oxygens (including phenoxy) is 1. The third kappa shape index (κ3) is 2.64. The molecule has 0 fully saturated rings. The molecular formula is C17H15BClN5O. The van der Waals surface area contributed by atoms with Gasteiger partial charge in [-0.2, -0.15) is 0 Å². The van der Waals surface area contributed by atoms with Gasteiger partial charge in [-0.1, -0.05) is 30.1 Å². The Bertz CT molecular complexity index is 958. The minimum Gasteiger partial charge on any atom is -0.495 e. The number of fused-ring (bicyclic) bond motifs is 3. The number of hydrogen-bond acceptors (Lipinski definition) is 5. The van der Waals surface area contributed by atoms with Crippen molar-refractivity contribution in [3.8, 4) is 22.8 Å². The highest BCUT2D eigenvalue weighted by Crippen LogP contribution is 2.38. The average molecular weight is 352 g/mol. The van der Waals surface area contributed by atoms with Gasteiger partial charge in [0.2, 0.25) is 0 Å². The van der Waals surface area contributed by atoms with Gasteiger partial charge < -0.3 is 10.1 Å². The third-order valence-corrected chi connectivity index (χ3v) is 4.55. The number of pyridine rings is 1. The predicted octanol–water partition coefficient (Wildman–Crippen LogP) is 2.31. The highest BCUT2D eigenvalue weighted by atomic mass is 35.5. The largest absolute Gasteiger partial charge is 0.495 e. The van der Waals surface area contributed by atoms with Gasteiger partial charge >= 0.3 is 0 Å². The van der Waals surface area contributed by atoms with E-state index in [1.165, 1.54) is 0 Å². The normalized spacial score (nSPS) is 15.7. The van der Waals surface area contributed by atoms with Crippen LogP contribution in [0.3, 0.4) is 0 Å². The maximum Gasteiger partial charge on any atom is 0.170 e. The van der Waals surface area contributed by atoms with Gasteiger partial charge in [0, 0.05) is 36.5 Å². The fraction of sp³-hybridized carbons (Fsp3) is 0.235. The fourth-order valence-corrected chi connectivity index (χ4v) is 3.24. The number of benzene rings is 1. The molecule has 1 unspecified atom stereocenters. The summed E-state index contributed by atoms with van der Waals surface area (Å²) in [6.45, 7) is 2.82. The summed E-state index contributed by atoms with van der Waals surface area (Å²) in [4.78, 5) is 4.17. The maximum absolute atomic E-state index is 6.30. The summed E-state index contributed by atoms with van der Waals surface area (Å²) < 4.78 is 7.40. The summed E-state index contributed by atoms with van der Waals surface area (Å²) in [5.74, 6) is 2.28. The van der Waals surface area contributed by atoms with Crippen LogP contribution in [0.4, 0.5) is 5.69 Å². The van der Waals surface area contributed by atoms with Crippen molar-refractivity contribution in [2.24, 2.45) is 0 Å². The summed E-state index contributed by atoms with van der Waals surface area (Å²) in [6.07, 6.45) is 3.33. The Balaban J connectivity index is 2.00. The lowest BCUT2D eigenvalue weighted by Crippen LogP contribution is -2.09. The quantitative estimate of drug-likeness (QED) is 0.718. The van der Waals surface area contributed by atoms with E-state index in [0.717, 1.165) is 29.3 Å². The Kier molecular flexibility index (Phi) is 3.88. The van der Waals surface area contributed by atoms with Crippen LogP contribution in [-0.4, -0.2) is 41.2 Å². The van der Waals surface area contributed by atoms with Crippen molar-refractivity contribution in [2.45, 2.75) is 12.8 Å². The van der Waals surface area contributed by atoms with E-state index >= 15 is 0 Å². The molecule has 8 heteroatoms. The van der Waals surface area contributed by atoms with E-state index in [1.54, 1.807) is 19.5 Å². The number of nitrogens with one attached hydrogen (secondary N) is 1. The lowest BCUT2D eigenvalue weighted by molar-refractivity contribution is 0.415. The van der Waals surface area contributed by atoms with Crippen LogP contribution in [0, 0.1) is 0 Å². The van der Waals surface area contributed by atoms with E-state index in [1.807, 2.05) is 22.8 Å². The van der Waals surface area contributed by atoms with Gasteiger partial charge in [0.15, 0.2) is 5.82 Å². The van der Waals surface area contributed by atoms with Gasteiger partial charge in [0.05, 0.1) is 23.5 Å². The number of aromatic nitrogens is 4. The van der Waals surface area contributed by atoms with Gasteiger partial charge in [-0.15, -0.1) is 10.2 Å². The third-order valence-electron chi connectivity index (χ3n) is 4.26. The number of methoxy groups -OCH3 is 1. The molecule has 124 valence electrons. The van der Waals surface area contributed by atoms with Crippen molar-refractivity contribution in [2.75, 3.05) is 19.0 Å². The maximum atomic E-state index is 6.30. The molecule has 4 rings (SSSR count). The van der Waals surface area contributed by atoms with Crippen LogP contribution in [-0.2, 0) is 0 Å². The second kappa shape index (κ2) is 6.08. The molecule has 2 aromatic heterocycles. The monoisotopic (exact) mass is 351 g/mol. The summed E-state index contributed by atoms with van der Waals surface area (Å²) in [5.41, 5.74) is 3.15. The molecular weight excluding hydrogens is 336 g/mol. The van der Waals surface area contributed by atoms with Crippen LogP contribution < -0.4 is 15.5 Å². The smallest absolute Gasteiger partial charge is 0.170 e. The van der Waals surface area contributed by atoms with Crippen LogP contribution in [0.25, 0.3) is 17.1 Å². The standard InChI is InChI=1S/C17H15BClN5O/c1-9-6-21-13-4-12(19)15(25-2)5-14(13)24-16(9)22-23-17(24)10-3-11(18)8-20-7-10/h3-5,7-9,21H,6H2,1-2H3. The minimum absolute atomic E-state index is 0.160. The Morgan fingerprint density at radius 2 is 2.12 bits per heavy atom. The molecule has 0 saturated heterocycles. The van der Waals surface area contributed by atoms with Crippen molar-refractivity contribution in [1.29, 1.82) is 0 Å². The van der Waals surface area contributed by atoms with Gasteiger partial charge in [-0.3, -0.25) is 9.55 Å². The number of rotatable bonds is 2. The van der Waals surface area contributed by atoms with Gasteiger partial charge in [0.1, 0.15) is 19.4 Å². The second-order valence-corrected chi connectivity index (χ2v) is 6.42. The van der Waals surface area contributed by atoms with Crippen molar-refractivity contribution in [3.05, 3.63) is 41.4 Å². The predicted molar refractivity (Wildman–Crippen MR) is 98.4 cm³/mol. The zero-order valence-corrected chi connectivity index (χ0v) is 14.6. The fourth-order valence-electron chi connectivity index (χ4n) is 3.00. The van der Waals surface area contributed by atoms with E-state index in [-0.39, 0.29) is 5.92 Å². The first-order valence-corrected chi connectivity index (χ1v) is 8.24. The highest BCUT2D eigenvalue weighted by molar-refractivity contribution is 6.32. The summed E-state index contributed by atoms with van der Waals surface area (Å²) in [6, 6.07) is 5.58. The molecule has 1 atom stereocenters. The summed E-state index contributed by atoms with van der Waals surface area (Å²) in [5, 5.41) is 12.8. The van der Waals surface area contributed by atoms with E-state index in [9.17, 15) is 0 Å². The van der Waals surface area contributed by atoms with Crippen LogP contribution in [0.1, 0.15) is 18.7 Å². The molecule has 1 aliphatic rings. The zero-order valence-electron chi connectivity index (χ0n) is 13.8. The van der Waals surface area contributed by atoms with E-state index in [0.29, 0.717) is 22.1 Å². The topological polar surface area (TPSA) is 64.9 Å². The highest BCUT2D eigenvalue weighted by Gasteiger charge is 2.26. The number of hydrogen-bond donors (Lipinski definition) is 1. The van der Waals surface area contributed by atoms with Crippen molar-refractivity contribution >= 4 is 30.6 Å². The van der Waals surface area contributed by atoms with Gasteiger partial charge in [0.25, 0.3) is 0 Å². The first-order valence-electron chi connectivity index (χ1n) is 7.86. The van der Waals surface area contributed by atoms with Crippen LogP contribution >= 0.6 is 11.6 Å². The zero-order chi connectivity index (χ0) is 17.6. The van der Waals surface area contributed by atoms with Crippen molar-refractivity contribution in [3.63, 3.8) is 0 Å². The van der Waals surface area contributed by atoms with Gasteiger partial charge in [-0.25, -0.2) is 0 Å². The molecule has 0 bridgehead atoms. The molecule has 1 aliphatic heterocycles. The number of nitrogens with zero attached hydrogens (tertiary/aromatic N) is 4. The SMILES string of the molecule is [B]c1cncc(-c2nnc3n2-c2cc(OC)c(Cl)cc2NCC3C)c1. The number of anilines is 1. The summed E-state index contributed by atoms with van der Waals surface area (Å²) in [7, 11) is 7.48. The molecule has 0 aliphatic carbocycles. The lowest BCUT2D eigenvalue weighted by Gasteiger charge is -2.15. The first kappa shape index (κ1) is 16.0. The number of halogens is 1. The molecule has 0 saturated carbocycles. The lowest BCUT2D eigenvalue weighted by atomic mass is 9.97. The first-order chi connectivity index (χ1) is 12.1. The Hall–Kier alpha value is -2.54. The molecule has 2 radical (unpaired) electrons. The van der Waals surface area contributed by atoms with Crippen LogP contribution in [0.5, 0.6) is 5.75 Å². The molecule has 0 amide bonds. The Morgan fingerprint density at radius 3 is 2.88 bits per heavy atom. The van der Waals surface area contributed by atoms with Crippen LogP contribution in [0.15, 0.2) is 30.6 Å². The van der Waals surface area contributed by atoms with Crippen molar-refractivity contribution < 1.29 is 4.74 Å². The Morgan fingerprint density at radius 1 is 1.28 bits per heavy atom. The average Bonchev–Trinajstić information content (AvgIpc) is 2.99. The molecule has 1 aromatic carbocycles. The molecule has 3 aromatic rings. The summed E-state index contributed by atoms with van der Waals surface area (Å²) >= 11 is 6.30. The van der Waals surface area contributed by atoms with Crippen LogP contribution in [0.2, 0.25) is 5.02 Å². The van der Waals surface area contributed by atoms with E-state index in [4.69, 9.17) is 24.2 Å². The second-order valence-electron chi connectivity index (χ2n) is 6.01. The van der Waals surface area contributed by atoms with E-state index in [2.05, 4.69) is 27.4 Å². The molecule has 1 N–H and O–H groups in total. The van der Waals surface area contributed by atoms with E-state index < -0.39 is 0 Å². The molecule has 25 heavy (non-hydrogen) atoms. The van der Waals surface area contributed by atoms with Crippen molar-refractivity contribution in [1.82, 2.24) is 19.7 Å². The molecule has 3 heterocycles. The minimum atomic E-state index is 0.160. The Labute approximate surface area is 151 Å². The molecule has 6 nitrogen and oxygen atoms in total.